The Bertz CT molecular complexity index is 1300. The van der Waals surface area contributed by atoms with Crippen LogP contribution in [0.5, 0.6) is 0 Å². The highest BCUT2D eigenvalue weighted by molar-refractivity contribution is 7.89. The number of hydrogen-bond acceptors (Lipinski definition) is 6. The first-order valence-corrected chi connectivity index (χ1v) is 12.5. The summed E-state index contributed by atoms with van der Waals surface area (Å²) in [5.74, 6) is -2.01. The van der Waals surface area contributed by atoms with E-state index in [-0.39, 0.29) is 54.9 Å². The van der Waals surface area contributed by atoms with Gasteiger partial charge in [0.2, 0.25) is 11.8 Å². The van der Waals surface area contributed by atoms with Crippen LogP contribution in [0.4, 0.5) is 4.39 Å². The average Bonchev–Trinajstić information content (AvgIpc) is 3.37. The normalized spacial score (nSPS) is 22.2. The third kappa shape index (κ3) is 3.80. The van der Waals surface area contributed by atoms with E-state index in [1.165, 1.54) is 27.8 Å². The number of imide groups is 1. The molecule has 5 rings (SSSR count). The summed E-state index contributed by atoms with van der Waals surface area (Å²) in [5.41, 5.74) is 1.31. The molecule has 180 valence electrons. The molecule has 10 nitrogen and oxygen atoms in total. The molecule has 0 spiro atoms. The molecule has 2 saturated heterocycles. The fourth-order valence-electron chi connectivity index (χ4n) is 4.98. The third-order valence-corrected chi connectivity index (χ3v) is 8.60. The first-order valence-electron chi connectivity index (χ1n) is 11.1. The Morgan fingerprint density at radius 2 is 1.85 bits per heavy atom. The van der Waals surface area contributed by atoms with Crippen molar-refractivity contribution in [2.45, 2.75) is 49.2 Å². The zero-order chi connectivity index (χ0) is 24.2. The first-order chi connectivity index (χ1) is 16.1. The number of aromatic nitrogens is 2. The van der Waals surface area contributed by atoms with E-state index in [9.17, 15) is 22.8 Å². The van der Waals surface area contributed by atoms with Gasteiger partial charge in [-0.25, -0.2) is 17.8 Å². The van der Waals surface area contributed by atoms with Gasteiger partial charge in [0.1, 0.15) is 11.9 Å². The molecule has 12 heteroatoms. The Balaban J connectivity index is 1.31. The molecule has 1 unspecified atom stereocenters. The molecular weight excluding hydrogens is 465 g/mol. The van der Waals surface area contributed by atoms with Crippen molar-refractivity contribution < 1.29 is 27.2 Å². The predicted octanol–water partition coefficient (Wildman–Crippen LogP) is 0.889. The Hall–Kier alpha value is -3.12. The topological polar surface area (TPSA) is 122 Å². The molecule has 1 aromatic carbocycles. The second-order valence-electron chi connectivity index (χ2n) is 8.99. The lowest BCUT2D eigenvalue weighted by atomic mass is 9.88. The van der Waals surface area contributed by atoms with E-state index < -0.39 is 33.7 Å². The van der Waals surface area contributed by atoms with Gasteiger partial charge in [0.05, 0.1) is 6.33 Å². The van der Waals surface area contributed by atoms with Crippen molar-refractivity contribution in [2.24, 2.45) is 7.05 Å². The van der Waals surface area contributed by atoms with E-state index >= 15 is 4.39 Å². The number of hydrogen-bond donors (Lipinski definition) is 1. The van der Waals surface area contributed by atoms with E-state index in [2.05, 4.69) is 10.3 Å². The van der Waals surface area contributed by atoms with Crippen LogP contribution >= 0.6 is 0 Å². The summed E-state index contributed by atoms with van der Waals surface area (Å²) in [7, 11) is -2.01. The molecule has 0 radical (unpaired) electrons. The summed E-state index contributed by atoms with van der Waals surface area (Å²) in [5, 5.41) is 2.24. The van der Waals surface area contributed by atoms with E-state index in [4.69, 9.17) is 0 Å². The number of fused-ring (bicyclic) bond motifs is 1. The van der Waals surface area contributed by atoms with Crippen molar-refractivity contribution in [1.29, 1.82) is 0 Å². The van der Waals surface area contributed by atoms with Crippen LogP contribution in [0, 0.1) is 5.82 Å². The van der Waals surface area contributed by atoms with Gasteiger partial charge in [-0.3, -0.25) is 19.7 Å². The van der Waals surface area contributed by atoms with Crippen molar-refractivity contribution in [3.63, 3.8) is 0 Å². The number of piperidine rings is 2. The van der Waals surface area contributed by atoms with E-state index in [1.54, 1.807) is 17.7 Å². The second kappa shape index (κ2) is 8.27. The fraction of sp³-hybridized carbons (Fsp3) is 0.455. The van der Waals surface area contributed by atoms with Crippen LogP contribution in [0.2, 0.25) is 0 Å². The Morgan fingerprint density at radius 3 is 2.50 bits per heavy atom. The van der Waals surface area contributed by atoms with Gasteiger partial charge in [0, 0.05) is 44.9 Å². The summed E-state index contributed by atoms with van der Waals surface area (Å²) in [6.45, 7) is 0.642. The van der Waals surface area contributed by atoms with Gasteiger partial charge >= 0.3 is 0 Å². The fourth-order valence-corrected chi connectivity index (χ4v) is 6.42. The first kappa shape index (κ1) is 22.7. The number of carbonyl (C=O) groups excluding carboxylic acids is 3. The molecule has 1 atom stereocenters. The molecule has 1 aromatic heterocycles. The Labute approximate surface area is 195 Å². The quantitative estimate of drug-likeness (QED) is 0.637. The molecule has 3 aliphatic heterocycles. The Morgan fingerprint density at radius 1 is 1.12 bits per heavy atom. The van der Waals surface area contributed by atoms with Gasteiger partial charge in [-0.2, -0.15) is 4.31 Å². The van der Waals surface area contributed by atoms with E-state index in [0.717, 1.165) is 0 Å². The lowest BCUT2D eigenvalue weighted by Crippen LogP contribution is -2.52. The molecule has 0 aliphatic carbocycles. The van der Waals surface area contributed by atoms with Gasteiger partial charge < -0.3 is 9.47 Å². The molecule has 4 heterocycles. The lowest BCUT2D eigenvalue weighted by Gasteiger charge is -2.31. The van der Waals surface area contributed by atoms with Gasteiger partial charge in [-0.1, -0.05) is 6.07 Å². The van der Waals surface area contributed by atoms with Crippen LogP contribution in [0.1, 0.15) is 53.1 Å². The number of amides is 3. The highest BCUT2D eigenvalue weighted by Gasteiger charge is 2.40. The molecule has 2 aromatic rings. The number of rotatable bonds is 4. The summed E-state index contributed by atoms with van der Waals surface area (Å²) in [6.07, 6.45) is 4.14. The summed E-state index contributed by atoms with van der Waals surface area (Å²) < 4.78 is 43.6. The van der Waals surface area contributed by atoms with Crippen LogP contribution in [0.25, 0.3) is 0 Å². The minimum atomic E-state index is -3.71. The number of sulfonamides is 1. The molecule has 0 bridgehead atoms. The molecule has 34 heavy (non-hydrogen) atoms. The smallest absolute Gasteiger partial charge is 0.262 e. The summed E-state index contributed by atoms with van der Waals surface area (Å²) in [6, 6.07) is 2.13. The number of halogens is 1. The summed E-state index contributed by atoms with van der Waals surface area (Å²) in [4.78, 5) is 41.9. The van der Waals surface area contributed by atoms with Crippen molar-refractivity contribution in [1.82, 2.24) is 24.1 Å². The zero-order valence-corrected chi connectivity index (χ0v) is 19.3. The molecule has 2 fully saturated rings. The zero-order valence-electron chi connectivity index (χ0n) is 18.5. The monoisotopic (exact) mass is 489 g/mol. The number of imidazole rings is 1. The Kier molecular flexibility index (Phi) is 5.52. The van der Waals surface area contributed by atoms with Gasteiger partial charge in [-0.15, -0.1) is 0 Å². The predicted molar refractivity (Wildman–Crippen MR) is 116 cm³/mol. The average molecular weight is 490 g/mol. The van der Waals surface area contributed by atoms with Crippen molar-refractivity contribution in [2.75, 3.05) is 13.1 Å². The number of nitrogens with zero attached hydrogens (tertiary/aromatic N) is 4. The molecular formula is C22H24FN5O5S. The maximum atomic E-state index is 15.1. The molecule has 3 aliphatic rings. The minimum absolute atomic E-state index is 0.00999. The van der Waals surface area contributed by atoms with Crippen LogP contribution < -0.4 is 5.32 Å². The SMILES string of the molecule is Cn1cnc(S(=O)(=O)N2CCC(c3cc4c(cc3F)C(=O)N(C3CCC(=O)NC3=O)C4)CC2)c1. The van der Waals surface area contributed by atoms with Crippen LogP contribution in [-0.4, -0.2) is 64.0 Å². The highest BCUT2D eigenvalue weighted by Crippen LogP contribution is 2.36. The number of benzene rings is 1. The van der Waals surface area contributed by atoms with Gasteiger partial charge in [-0.05, 0) is 42.4 Å². The third-order valence-electron chi connectivity index (χ3n) is 6.82. The van der Waals surface area contributed by atoms with Crippen LogP contribution in [-0.2, 0) is 33.2 Å². The van der Waals surface area contributed by atoms with Crippen LogP contribution in [0.3, 0.4) is 0 Å². The molecule has 1 N–H and O–H groups in total. The number of nitrogens with one attached hydrogen (secondary N) is 1. The van der Waals surface area contributed by atoms with Crippen molar-refractivity contribution in [3.8, 4) is 0 Å². The molecule has 3 amide bonds. The van der Waals surface area contributed by atoms with Crippen LogP contribution in [0.15, 0.2) is 29.7 Å². The van der Waals surface area contributed by atoms with Crippen molar-refractivity contribution >= 4 is 27.7 Å². The van der Waals surface area contributed by atoms with E-state index in [0.29, 0.717) is 24.0 Å². The maximum Gasteiger partial charge on any atom is 0.262 e. The number of aryl methyl sites for hydroxylation is 1. The minimum Gasteiger partial charge on any atom is -0.339 e. The second-order valence-corrected chi connectivity index (χ2v) is 10.9. The number of carbonyl (C=O) groups is 3. The maximum absolute atomic E-state index is 15.1. The molecule has 0 saturated carbocycles. The van der Waals surface area contributed by atoms with Crippen molar-refractivity contribution in [3.05, 3.63) is 47.2 Å². The largest absolute Gasteiger partial charge is 0.339 e. The summed E-state index contributed by atoms with van der Waals surface area (Å²) >= 11 is 0. The standard InChI is InChI=1S/C22H24FN5O5S/c1-26-11-20(24-12-26)34(32,33)27-6-4-13(5-7-27)15-8-14-10-28(22(31)16(14)9-17(15)23)18-2-3-19(29)25-21(18)30/h8-9,11-13,18H,2-7,10H2,1H3,(H,25,29,30). The lowest BCUT2D eigenvalue weighted by molar-refractivity contribution is -0.136. The van der Waals surface area contributed by atoms with Gasteiger partial charge in [0.25, 0.3) is 15.9 Å². The highest BCUT2D eigenvalue weighted by atomic mass is 32.2. The van der Waals surface area contributed by atoms with E-state index in [1.807, 2.05) is 0 Å². The van der Waals surface area contributed by atoms with Gasteiger partial charge in [0.15, 0.2) is 5.03 Å².